The van der Waals surface area contributed by atoms with E-state index in [9.17, 15) is 4.79 Å². The number of carbonyl (C=O) groups is 1. The Hall–Kier alpha value is -1.35. The third-order valence-electron chi connectivity index (χ3n) is 4.20. The van der Waals surface area contributed by atoms with Crippen LogP contribution in [-0.2, 0) is 11.2 Å². The fraction of sp³-hybridized carbons (Fsp3) is 0.588. The molecule has 0 aliphatic carbocycles. The van der Waals surface area contributed by atoms with Gasteiger partial charge in [0.2, 0.25) is 5.91 Å². The third kappa shape index (κ3) is 4.34. The van der Waals surface area contributed by atoms with Crippen molar-refractivity contribution in [2.75, 3.05) is 13.1 Å². The molecule has 1 aliphatic rings. The quantitative estimate of drug-likeness (QED) is 0.867. The Balaban J connectivity index is 1.82. The van der Waals surface area contributed by atoms with Crippen molar-refractivity contribution in [2.24, 2.45) is 5.92 Å². The van der Waals surface area contributed by atoms with Crippen molar-refractivity contribution in [1.82, 2.24) is 10.6 Å². The lowest BCUT2D eigenvalue weighted by Gasteiger charge is -2.23. The second-order valence-electron chi connectivity index (χ2n) is 5.78. The van der Waals surface area contributed by atoms with Gasteiger partial charge in [0, 0.05) is 6.42 Å². The predicted molar refractivity (Wildman–Crippen MR) is 82.6 cm³/mol. The standard InChI is InChI=1S/C17H26N2O/c1-3-14-4-6-16(7-5-14)13(2)19-17(20)12-15-8-10-18-11-9-15/h4-7,13,15,18H,3,8-12H2,1-2H3,(H,19,20). The zero-order chi connectivity index (χ0) is 14.4. The van der Waals surface area contributed by atoms with Crippen molar-refractivity contribution in [3.63, 3.8) is 0 Å². The second kappa shape index (κ2) is 7.44. The molecule has 1 aliphatic heterocycles. The number of carbonyl (C=O) groups excluding carboxylic acids is 1. The van der Waals surface area contributed by atoms with Gasteiger partial charge in [0.15, 0.2) is 0 Å². The molecule has 3 nitrogen and oxygen atoms in total. The van der Waals surface area contributed by atoms with Crippen molar-refractivity contribution in [3.05, 3.63) is 35.4 Å². The van der Waals surface area contributed by atoms with Crippen LogP contribution >= 0.6 is 0 Å². The van der Waals surface area contributed by atoms with E-state index >= 15 is 0 Å². The topological polar surface area (TPSA) is 41.1 Å². The maximum Gasteiger partial charge on any atom is 0.220 e. The first-order valence-corrected chi connectivity index (χ1v) is 7.78. The molecule has 0 bridgehead atoms. The second-order valence-corrected chi connectivity index (χ2v) is 5.78. The number of benzene rings is 1. The van der Waals surface area contributed by atoms with Gasteiger partial charge in [0.25, 0.3) is 0 Å². The monoisotopic (exact) mass is 274 g/mol. The van der Waals surface area contributed by atoms with Gasteiger partial charge in [0.1, 0.15) is 0 Å². The Morgan fingerprint density at radius 2 is 1.95 bits per heavy atom. The fourth-order valence-corrected chi connectivity index (χ4v) is 2.77. The molecule has 0 saturated carbocycles. The number of piperidine rings is 1. The van der Waals surface area contributed by atoms with Crippen molar-refractivity contribution in [3.8, 4) is 0 Å². The van der Waals surface area contributed by atoms with Gasteiger partial charge in [-0.25, -0.2) is 0 Å². The molecule has 1 heterocycles. The number of nitrogens with one attached hydrogen (secondary N) is 2. The molecule has 1 aromatic carbocycles. The van der Waals surface area contributed by atoms with E-state index in [0.717, 1.165) is 32.4 Å². The van der Waals surface area contributed by atoms with Crippen molar-refractivity contribution in [1.29, 1.82) is 0 Å². The van der Waals surface area contributed by atoms with Crippen molar-refractivity contribution in [2.45, 2.75) is 45.6 Å². The summed E-state index contributed by atoms with van der Waals surface area (Å²) in [4.78, 5) is 12.1. The van der Waals surface area contributed by atoms with E-state index in [1.807, 2.05) is 0 Å². The average Bonchev–Trinajstić information content (AvgIpc) is 2.48. The van der Waals surface area contributed by atoms with Crippen LogP contribution in [0.15, 0.2) is 24.3 Å². The minimum Gasteiger partial charge on any atom is -0.350 e. The summed E-state index contributed by atoms with van der Waals surface area (Å²) in [6.07, 6.45) is 3.95. The van der Waals surface area contributed by atoms with Crippen LogP contribution in [0.5, 0.6) is 0 Å². The molecular formula is C17H26N2O. The Bertz CT molecular complexity index is 421. The van der Waals surface area contributed by atoms with Gasteiger partial charge in [-0.05, 0) is 56.3 Å². The first-order valence-electron chi connectivity index (χ1n) is 7.78. The summed E-state index contributed by atoms with van der Waals surface area (Å²) >= 11 is 0. The maximum atomic E-state index is 12.1. The smallest absolute Gasteiger partial charge is 0.220 e. The summed E-state index contributed by atoms with van der Waals surface area (Å²) in [5, 5.41) is 6.46. The number of aryl methyl sites for hydroxylation is 1. The molecule has 2 rings (SSSR count). The minimum atomic E-state index is 0.0927. The first kappa shape index (κ1) is 15.0. The van der Waals surface area contributed by atoms with Crippen LogP contribution in [0.3, 0.4) is 0 Å². The molecule has 110 valence electrons. The molecule has 1 atom stereocenters. The van der Waals surface area contributed by atoms with E-state index in [0.29, 0.717) is 12.3 Å². The van der Waals surface area contributed by atoms with Crippen LogP contribution < -0.4 is 10.6 Å². The van der Waals surface area contributed by atoms with E-state index in [-0.39, 0.29) is 11.9 Å². The predicted octanol–water partition coefficient (Wildman–Crippen LogP) is 2.82. The van der Waals surface area contributed by atoms with Crippen molar-refractivity contribution >= 4 is 5.91 Å². The summed E-state index contributed by atoms with van der Waals surface area (Å²) in [6.45, 7) is 6.30. The molecule has 3 heteroatoms. The minimum absolute atomic E-state index is 0.0927. The number of hydrogen-bond donors (Lipinski definition) is 2. The zero-order valence-corrected chi connectivity index (χ0v) is 12.6. The van der Waals surface area contributed by atoms with E-state index < -0.39 is 0 Å². The Morgan fingerprint density at radius 3 is 2.55 bits per heavy atom. The fourth-order valence-electron chi connectivity index (χ4n) is 2.77. The molecule has 20 heavy (non-hydrogen) atoms. The van der Waals surface area contributed by atoms with Gasteiger partial charge in [-0.3, -0.25) is 4.79 Å². The van der Waals surface area contributed by atoms with Crippen LogP contribution in [0.2, 0.25) is 0 Å². The van der Waals surface area contributed by atoms with E-state index in [1.54, 1.807) is 0 Å². The molecule has 1 aromatic rings. The van der Waals surface area contributed by atoms with E-state index in [4.69, 9.17) is 0 Å². The SMILES string of the molecule is CCc1ccc(C(C)NC(=O)CC2CCNCC2)cc1. The lowest BCUT2D eigenvalue weighted by molar-refractivity contribution is -0.122. The first-order chi connectivity index (χ1) is 9.69. The number of rotatable bonds is 5. The molecule has 1 unspecified atom stereocenters. The Kier molecular flexibility index (Phi) is 5.60. The van der Waals surface area contributed by atoms with Gasteiger partial charge in [-0.2, -0.15) is 0 Å². The summed E-state index contributed by atoms with van der Waals surface area (Å²) in [6, 6.07) is 8.62. The lowest BCUT2D eigenvalue weighted by atomic mass is 9.94. The highest BCUT2D eigenvalue weighted by molar-refractivity contribution is 5.76. The maximum absolute atomic E-state index is 12.1. The van der Waals surface area contributed by atoms with Crippen LogP contribution in [0.1, 0.15) is 50.3 Å². The van der Waals surface area contributed by atoms with Gasteiger partial charge in [-0.15, -0.1) is 0 Å². The van der Waals surface area contributed by atoms with Gasteiger partial charge in [0.05, 0.1) is 6.04 Å². The molecule has 1 amide bonds. The average molecular weight is 274 g/mol. The molecule has 1 saturated heterocycles. The van der Waals surface area contributed by atoms with Gasteiger partial charge in [-0.1, -0.05) is 31.2 Å². The van der Waals surface area contributed by atoms with Gasteiger partial charge >= 0.3 is 0 Å². The van der Waals surface area contributed by atoms with Crippen LogP contribution in [0, 0.1) is 5.92 Å². The van der Waals surface area contributed by atoms with Crippen molar-refractivity contribution < 1.29 is 4.79 Å². The highest BCUT2D eigenvalue weighted by atomic mass is 16.1. The Labute approximate surface area is 122 Å². The molecule has 2 N–H and O–H groups in total. The summed E-state index contributed by atoms with van der Waals surface area (Å²) < 4.78 is 0. The van der Waals surface area contributed by atoms with Crippen LogP contribution in [0.25, 0.3) is 0 Å². The van der Waals surface area contributed by atoms with Crippen LogP contribution in [0.4, 0.5) is 0 Å². The molecule has 1 fully saturated rings. The summed E-state index contributed by atoms with van der Waals surface area (Å²) in [5.41, 5.74) is 2.52. The molecule has 0 spiro atoms. The highest BCUT2D eigenvalue weighted by Gasteiger charge is 2.18. The summed E-state index contributed by atoms with van der Waals surface area (Å²) in [5.74, 6) is 0.731. The normalized spacial score (nSPS) is 17.7. The zero-order valence-electron chi connectivity index (χ0n) is 12.6. The third-order valence-corrected chi connectivity index (χ3v) is 4.20. The highest BCUT2D eigenvalue weighted by Crippen LogP contribution is 2.18. The van der Waals surface area contributed by atoms with Crippen LogP contribution in [-0.4, -0.2) is 19.0 Å². The largest absolute Gasteiger partial charge is 0.350 e. The van der Waals surface area contributed by atoms with E-state index in [1.165, 1.54) is 11.1 Å². The molecular weight excluding hydrogens is 248 g/mol. The van der Waals surface area contributed by atoms with Gasteiger partial charge < -0.3 is 10.6 Å². The lowest BCUT2D eigenvalue weighted by Crippen LogP contribution is -2.33. The van der Waals surface area contributed by atoms with E-state index in [2.05, 4.69) is 48.7 Å². The Morgan fingerprint density at radius 1 is 1.30 bits per heavy atom. The summed E-state index contributed by atoms with van der Waals surface area (Å²) in [7, 11) is 0. The molecule has 0 aromatic heterocycles. The number of amides is 1. The molecule has 0 radical (unpaired) electrons. The number of hydrogen-bond acceptors (Lipinski definition) is 2.